The van der Waals surface area contributed by atoms with Crippen LogP contribution in [0, 0.1) is 23.7 Å². The summed E-state index contributed by atoms with van der Waals surface area (Å²) in [6.45, 7) is 6.29. The summed E-state index contributed by atoms with van der Waals surface area (Å²) < 4.78 is 0. The molecule has 1 heterocycles. The van der Waals surface area contributed by atoms with Crippen LogP contribution in [0.3, 0.4) is 0 Å². The maximum absolute atomic E-state index is 4.07. The molecule has 19 heavy (non-hydrogen) atoms. The van der Waals surface area contributed by atoms with E-state index in [9.17, 15) is 0 Å². The average Bonchev–Trinajstić information content (AvgIpc) is 2.87. The molecule has 5 atom stereocenters. The quantitative estimate of drug-likeness (QED) is 0.838. The van der Waals surface area contributed by atoms with Gasteiger partial charge in [0.2, 0.25) is 0 Å². The highest BCUT2D eigenvalue weighted by Crippen LogP contribution is 2.65. The third-order valence-corrected chi connectivity index (χ3v) is 6.52. The van der Waals surface area contributed by atoms with E-state index in [1.54, 1.807) is 19.3 Å². The molecule has 3 aliphatic carbocycles. The molecule has 0 aromatic rings. The molecule has 0 amide bonds. The van der Waals surface area contributed by atoms with Gasteiger partial charge in [-0.2, -0.15) is 0 Å². The minimum Gasteiger partial charge on any atom is -0.311 e. The molecule has 1 saturated heterocycles. The average molecular weight is 262 g/mol. The first kappa shape index (κ1) is 12.6. The van der Waals surface area contributed by atoms with E-state index >= 15 is 0 Å². The highest BCUT2D eigenvalue weighted by Gasteiger charge is 2.64. The van der Waals surface area contributed by atoms with Gasteiger partial charge in [-0.1, -0.05) is 6.92 Å². The van der Waals surface area contributed by atoms with Crippen molar-refractivity contribution in [2.75, 3.05) is 19.6 Å². The van der Waals surface area contributed by atoms with E-state index in [0.29, 0.717) is 0 Å². The van der Waals surface area contributed by atoms with E-state index in [2.05, 4.69) is 17.1 Å². The first-order chi connectivity index (χ1) is 9.36. The molecular weight excluding hydrogens is 232 g/mol. The smallest absolute Gasteiger partial charge is 0.0138 e. The highest BCUT2D eigenvalue weighted by atomic mass is 15.1. The number of hydrogen-bond donors (Lipinski definition) is 1. The summed E-state index contributed by atoms with van der Waals surface area (Å²) in [6.07, 6.45) is 10.2. The van der Waals surface area contributed by atoms with Crippen LogP contribution in [0.15, 0.2) is 0 Å². The number of nitrogens with zero attached hydrogens (tertiary/aromatic N) is 1. The lowest BCUT2D eigenvalue weighted by atomic mass is 10.0. The first-order valence-electron chi connectivity index (χ1n) is 8.85. The Morgan fingerprint density at radius 2 is 1.79 bits per heavy atom. The molecule has 1 aliphatic heterocycles. The van der Waals surface area contributed by atoms with Crippen molar-refractivity contribution in [1.82, 2.24) is 10.2 Å². The van der Waals surface area contributed by atoms with Gasteiger partial charge in [0.05, 0.1) is 0 Å². The topological polar surface area (TPSA) is 15.3 Å². The van der Waals surface area contributed by atoms with Crippen LogP contribution >= 0.6 is 0 Å². The lowest BCUT2D eigenvalue weighted by Gasteiger charge is -2.20. The number of nitrogens with one attached hydrogen (secondary N) is 1. The summed E-state index contributed by atoms with van der Waals surface area (Å²) in [5, 5.41) is 4.07. The van der Waals surface area contributed by atoms with Crippen LogP contribution in [-0.2, 0) is 0 Å². The maximum atomic E-state index is 4.07. The van der Waals surface area contributed by atoms with Crippen molar-refractivity contribution in [2.45, 2.75) is 64.0 Å². The number of hydrogen-bond acceptors (Lipinski definition) is 2. The van der Waals surface area contributed by atoms with E-state index in [1.165, 1.54) is 45.3 Å². The molecule has 4 rings (SSSR count). The Morgan fingerprint density at radius 3 is 2.53 bits per heavy atom. The molecule has 4 aliphatic rings. The van der Waals surface area contributed by atoms with E-state index in [1.807, 2.05) is 0 Å². The molecule has 0 aromatic heterocycles. The van der Waals surface area contributed by atoms with Crippen LogP contribution in [0.5, 0.6) is 0 Å². The summed E-state index contributed by atoms with van der Waals surface area (Å²) in [6, 6.07) is 1.77. The van der Waals surface area contributed by atoms with Crippen LogP contribution in [0.1, 0.15) is 51.9 Å². The molecule has 0 radical (unpaired) electrons. The van der Waals surface area contributed by atoms with Gasteiger partial charge in [0.25, 0.3) is 0 Å². The molecular formula is C17H30N2. The van der Waals surface area contributed by atoms with Crippen molar-refractivity contribution < 1.29 is 0 Å². The molecule has 3 saturated carbocycles. The van der Waals surface area contributed by atoms with Gasteiger partial charge in [0.15, 0.2) is 0 Å². The minimum absolute atomic E-state index is 0.830. The van der Waals surface area contributed by atoms with E-state index in [4.69, 9.17) is 0 Å². The zero-order valence-electron chi connectivity index (χ0n) is 12.5. The SMILES string of the molecule is CCCN1CCCC(NC2C3C4CCC(C4)C23)CC1. The van der Waals surface area contributed by atoms with Crippen molar-refractivity contribution in [2.24, 2.45) is 23.7 Å². The second kappa shape index (κ2) is 5.04. The molecule has 0 aromatic carbocycles. The summed E-state index contributed by atoms with van der Waals surface area (Å²) in [7, 11) is 0. The largest absolute Gasteiger partial charge is 0.311 e. The lowest BCUT2D eigenvalue weighted by Crippen LogP contribution is -2.35. The summed E-state index contributed by atoms with van der Waals surface area (Å²) in [5.74, 6) is 4.45. The lowest BCUT2D eigenvalue weighted by molar-refractivity contribution is 0.281. The Bertz CT molecular complexity index is 313. The normalized spacial score (nSPS) is 49.1. The van der Waals surface area contributed by atoms with Crippen molar-refractivity contribution in [1.29, 1.82) is 0 Å². The Labute approximate surface area is 118 Å². The van der Waals surface area contributed by atoms with Gasteiger partial charge < -0.3 is 10.2 Å². The Kier molecular flexibility index (Phi) is 3.35. The van der Waals surface area contributed by atoms with Gasteiger partial charge in [-0.15, -0.1) is 0 Å². The fraction of sp³-hybridized carbons (Fsp3) is 1.00. The number of rotatable bonds is 4. The van der Waals surface area contributed by atoms with Crippen LogP contribution in [0.4, 0.5) is 0 Å². The van der Waals surface area contributed by atoms with Crippen molar-refractivity contribution >= 4 is 0 Å². The zero-order chi connectivity index (χ0) is 12.8. The van der Waals surface area contributed by atoms with Gasteiger partial charge in [0.1, 0.15) is 0 Å². The summed E-state index contributed by atoms with van der Waals surface area (Å²) in [4.78, 5) is 2.68. The van der Waals surface area contributed by atoms with E-state index < -0.39 is 0 Å². The van der Waals surface area contributed by atoms with Crippen molar-refractivity contribution in [3.05, 3.63) is 0 Å². The minimum atomic E-state index is 0.830. The standard InChI is InChI=1S/C17H30N2/c1-2-8-19-9-3-4-14(7-10-19)18-17-15-12-5-6-13(11-12)16(15)17/h12-18H,2-11H2,1H3. The fourth-order valence-electron chi connectivity index (χ4n) is 5.68. The zero-order valence-corrected chi connectivity index (χ0v) is 12.5. The fourth-order valence-corrected chi connectivity index (χ4v) is 5.68. The van der Waals surface area contributed by atoms with Gasteiger partial charge >= 0.3 is 0 Å². The van der Waals surface area contributed by atoms with E-state index in [0.717, 1.165) is 35.8 Å². The molecule has 2 nitrogen and oxygen atoms in total. The van der Waals surface area contributed by atoms with Gasteiger partial charge in [0, 0.05) is 12.1 Å². The van der Waals surface area contributed by atoms with Crippen LogP contribution < -0.4 is 5.32 Å². The molecule has 0 spiro atoms. The predicted molar refractivity (Wildman–Crippen MR) is 79.1 cm³/mol. The van der Waals surface area contributed by atoms with Crippen molar-refractivity contribution in [3.63, 3.8) is 0 Å². The summed E-state index contributed by atoms with van der Waals surface area (Å²) in [5.41, 5.74) is 0. The third kappa shape index (κ3) is 2.25. The Balaban J connectivity index is 1.28. The van der Waals surface area contributed by atoms with Gasteiger partial charge in [-0.25, -0.2) is 0 Å². The second-order valence-corrected chi connectivity index (χ2v) is 7.65. The molecule has 4 fully saturated rings. The van der Waals surface area contributed by atoms with Gasteiger partial charge in [-0.3, -0.25) is 0 Å². The number of fused-ring (bicyclic) bond motifs is 5. The van der Waals surface area contributed by atoms with Crippen LogP contribution in [-0.4, -0.2) is 36.6 Å². The van der Waals surface area contributed by atoms with Crippen LogP contribution in [0.2, 0.25) is 0 Å². The predicted octanol–water partition coefficient (Wildman–Crippen LogP) is 2.89. The molecule has 5 unspecified atom stereocenters. The van der Waals surface area contributed by atoms with Crippen molar-refractivity contribution in [3.8, 4) is 0 Å². The molecule has 108 valence electrons. The third-order valence-electron chi connectivity index (χ3n) is 6.52. The highest BCUT2D eigenvalue weighted by molar-refractivity contribution is 5.17. The molecule has 1 N–H and O–H groups in total. The van der Waals surface area contributed by atoms with Crippen LogP contribution in [0.25, 0.3) is 0 Å². The number of likely N-dealkylation sites (tertiary alicyclic amines) is 1. The first-order valence-corrected chi connectivity index (χ1v) is 8.85. The monoisotopic (exact) mass is 262 g/mol. The molecule has 2 heteroatoms. The molecule has 2 bridgehead atoms. The Morgan fingerprint density at radius 1 is 1.00 bits per heavy atom. The van der Waals surface area contributed by atoms with Gasteiger partial charge in [-0.05, 0) is 88.3 Å². The Hall–Kier alpha value is -0.0800. The summed E-state index contributed by atoms with van der Waals surface area (Å²) >= 11 is 0. The van der Waals surface area contributed by atoms with E-state index in [-0.39, 0.29) is 0 Å². The maximum Gasteiger partial charge on any atom is 0.0138 e. The second-order valence-electron chi connectivity index (χ2n) is 7.65.